The third kappa shape index (κ3) is 2.63. The zero-order valence-electron chi connectivity index (χ0n) is 11.3. The molecule has 0 spiro atoms. The molecule has 1 nitrogen and oxygen atoms in total. The fourth-order valence-corrected chi connectivity index (χ4v) is 2.31. The minimum absolute atomic E-state index is 0.379. The van der Waals surface area contributed by atoms with E-state index in [1.807, 2.05) is 42.6 Å². The molecule has 0 saturated carbocycles. The Morgan fingerprint density at radius 1 is 1.00 bits per heavy atom. The van der Waals surface area contributed by atoms with E-state index in [-0.39, 0.29) is 0 Å². The van der Waals surface area contributed by atoms with Crippen molar-refractivity contribution in [3.8, 4) is 11.1 Å². The molecule has 1 aliphatic rings. The number of hydrogen-bond acceptors (Lipinski definition) is 0. The summed E-state index contributed by atoms with van der Waals surface area (Å²) in [4.78, 5) is 0. The molecule has 0 amide bonds. The van der Waals surface area contributed by atoms with Gasteiger partial charge in [-0.25, -0.2) is 8.78 Å². The van der Waals surface area contributed by atoms with Crippen LogP contribution < -0.4 is 0 Å². The van der Waals surface area contributed by atoms with Crippen molar-refractivity contribution >= 4 is 6.72 Å². The number of hydrogen-bond donors (Lipinski definition) is 0. The lowest BCUT2D eigenvalue weighted by Gasteiger charge is -2.17. The summed E-state index contributed by atoms with van der Waals surface area (Å²) >= 11 is 0. The summed E-state index contributed by atoms with van der Waals surface area (Å²) in [6, 6.07) is 12.0. The molecule has 0 saturated heterocycles. The van der Waals surface area contributed by atoms with Crippen molar-refractivity contribution in [2.75, 3.05) is 0 Å². The van der Waals surface area contributed by atoms with E-state index in [0.717, 1.165) is 17.7 Å². The minimum atomic E-state index is -0.578. The molecular weight excluding hydrogens is 268 g/mol. The van der Waals surface area contributed by atoms with E-state index < -0.39 is 11.6 Å². The molecule has 0 fully saturated rings. The number of allylic oxidation sites excluding steroid dienone is 2. The van der Waals surface area contributed by atoms with E-state index in [9.17, 15) is 8.78 Å². The van der Waals surface area contributed by atoms with Gasteiger partial charge in [0.1, 0.15) is 23.9 Å². The van der Waals surface area contributed by atoms with Crippen LogP contribution in [0.5, 0.6) is 0 Å². The van der Waals surface area contributed by atoms with E-state index >= 15 is 0 Å². The summed E-state index contributed by atoms with van der Waals surface area (Å²) in [5, 5.41) is 0. The van der Waals surface area contributed by atoms with Crippen molar-refractivity contribution in [1.82, 2.24) is 0 Å². The van der Waals surface area contributed by atoms with Crippen LogP contribution in [0.3, 0.4) is 0 Å². The highest BCUT2D eigenvalue weighted by Crippen LogP contribution is 2.28. The molecule has 0 atom stereocenters. The maximum Gasteiger partial charge on any atom is 0.146 e. The number of halogens is 2. The Kier molecular flexibility index (Phi) is 3.40. The van der Waals surface area contributed by atoms with Crippen LogP contribution in [0.25, 0.3) is 11.1 Å². The Bertz CT molecular complexity index is 760. The van der Waals surface area contributed by atoms with Crippen molar-refractivity contribution in [2.45, 2.75) is 0 Å². The highest BCUT2D eigenvalue weighted by Gasteiger charge is 2.14. The van der Waals surface area contributed by atoms with Gasteiger partial charge in [-0.15, -0.1) is 12.1 Å². The molecule has 3 rings (SSSR count). The summed E-state index contributed by atoms with van der Waals surface area (Å²) in [6.07, 6.45) is 7.59. The Morgan fingerprint density at radius 2 is 1.86 bits per heavy atom. The van der Waals surface area contributed by atoms with Crippen LogP contribution in [0.1, 0.15) is 5.56 Å². The standard InChI is InChI=1S/C18H13F2N/c1-21-10-3-2-7-18(21)14-6-4-5-13(11-14)16-9-8-15(19)12-17(16)20/h2-12H,1H2. The number of rotatable bonds is 2. The SMILES string of the molecule is C=[N+]1C=CC=C[C-]1c1cccc(-c2ccc(F)cc2F)c1. The Hall–Kier alpha value is -2.68. The van der Waals surface area contributed by atoms with Crippen LogP contribution in [0.2, 0.25) is 0 Å². The molecule has 2 aromatic rings. The van der Waals surface area contributed by atoms with Gasteiger partial charge in [-0.05, 0) is 29.3 Å². The van der Waals surface area contributed by atoms with Gasteiger partial charge >= 0.3 is 0 Å². The molecule has 0 aliphatic carbocycles. The molecule has 21 heavy (non-hydrogen) atoms. The van der Waals surface area contributed by atoms with Gasteiger partial charge in [0, 0.05) is 11.6 Å². The first-order chi connectivity index (χ1) is 10.1. The second-order valence-corrected chi connectivity index (χ2v) is 4.76. The largest absolute Gasteiger partial charge is 0.255 e. The van der Waals surface area contributed by atoms with E-state index in [2.05, 4.69) is 6.72 Å². The highest BCUT2D eigenvalue weighted by atomic mass is 19.1. The quantitative estimate of drug-likeness (QED) is 0.570. The van der Waals surface area contributed by atoms with Gasteiger partial charge in [0.2, 0.25) is 0 Å². The van der Waals surface area contributed by atoms with Crippen LogP contribution in [0.4, 0.5) is 8.78 Å². The van der Waals surface area contributed by atoms with Gasteiger partial charge in [0.15, 0.2) is 0 Å². The van der Waals surface area contributed by atoms with Gasteiger partial charge < -0.3 is 0 Å². The van der Waals surface area contributed by atoms with E-state index in [0.29, 0.717) is 11.1 Å². The fourth-order valence-electron chi connectivity index (χ4n) is 2.31. The molecule has 104 valence electrons. The first kappa shape index (κ1) is 13.3. The molecule has 0 unspecified atom stereocenters. The summed E-state index contributed by atoms with van der Waals surface area (Å²) in [7, 11) is 0. The van der Waals surface area contributed by atoms with Crippen LogP contribution >= 0.6 is 0 Å². The molecule has 0 aromatic heterocycles. The van der Waals surface area contributed by atoms with E-state index in [1.54, 1.807) is 10.6 Å². The van der Waals surface area contributed by atoms with Crippen molar-refractivity contribution < 1.29 is 13.4 Å². The highest BCUT2D eigenvalue weighted by molar-refractivity contribution is 5.66. The van der Waals surface area contributed by atoms with Crippen molar-refractivity contribution in [3.63, 3.8) is 0 Å². The molecule has 0 bridgehead atoms. The second kappa shape index (κ2) is 5.37. The predicted octanol–water partition coefficient (Wildman–Crippen LogP) is 4.31. The number of benzene rings is 2. The van der Waals surface area contributed by atoms with Gasteiger partial charge in [-0.1, -0.05) is 24.3 Å². The Morgan fingerprint density at radius 3 is 2.62 bits per heavy atom. The molecule has 2 aromatic carbocycles. The third-order valence-electron chi connectivity index (χ3n) is 3.34. The molecule has 0 radical (unpaired) electrons. The summed E-state index contributed by atoms with van der Waals surface area (Å²) in [5.74, 6) is -1.14. The molecule has 3 heteroatoms. The molecule has 0 N–H and O–H groups in total. The fraction of sp³-hybridized carbons (Fsp3) is 0. The van der Waals surface area contributed by atoms with Crippen LogP contribution in [-0.2, 0) is 0 Å². The third-order valence-corrected chi connectivity index (χ3v) is 3.34. The van der Waals surface area contributed by atoms with Crippen LogP contribution in [0.15, 0.2) is 66.9 Å². The average Bonchev–Trinajstić information content (AvgIpc) is 2.48. The lowest BCUT2D eigenvalue weighted by Crippen LogP contribution is -2.12. The van der Waals surface area contributed by atoms with E-state index in [4.69, 9.17) is 0 Å². The van der Waals surface area contributed by atoms with Crippen LogP contribution in [0, 0.1) is 17.7 Å². The average molecular weight is 281 g/mol. The Labute approximate surface area is 122 Å². The first-order valence-electron chi connectivity index (χ1n) is 6.52. The smallest absolute Gasteiger partial charge is 0.146 e. The molecular formula is C18H13F2N. The number of nitrogens with zero attached hydrogens (tertiary/aromatic N) is 1. The van der Waals surface area contributed by atoms with E-state index in [1.165, 1.54) is 12.1 Å². The second-order valence-electron chi connectivity index (χ2n) is 4.76. The minimum Gasteiger partial charge on any atom is -0.255 e. The Balaban J connectivity index is 2.02. The summed E-state index contributed by atoms with van der Waals surface area (Å²) in [5.41, 5.74) is 2.01. The van der Waals surface area contributed by atoms with Crippen LogP contribution in [-0.4, -0.2) is 11.3 Å². The monoisotopic (exact) mass is 281 g/mol. The van der Waals surface area contributed by atoms with Crippen molar-refractivity contribution in [1.29, 1.82) is 0 Å². The first-order valence-corrected chi connectivity index (χ1v) is 6.52. The topological polar surface area (TPSA) is 3.01 Å². The molecule has 1 heterocycles. The van der Waals surface area contributed by atoms with Gasteiger partial charge in [-0.2, -0.15) is 0 Å². The predicted molar refractivity (Wildman–Crippen MR) is 79.8 cm³/mol. The normalized spacial score (nSPS) is 13.8. The lowest BCUT2D eigenvalue weighted by atomic mass is 9.98. The zero-order valence-corrected chi connectivity index (χ0v) is 11.3. The molecule has 1 aliphatic heterocycles. The van der Waals surface area contributed by atoms with Gasteiger partial charge in [-0.3, -0.25) is 4.58 Å². The summed E-state index contributed by atoms with van der Waals surface area (Å²) < 4.78 is 28.7. The lowest BCUT2D eigenvalue weighted by molar-refractivity contribution is -0.417. The van der Waals surface area contributed by atoms with Crippen molar-refractivity contribution in [2.24, 2.45) is 0 Å². The zero-order chi connectivity index (χ0) is 14.8. The maximum atomic E-state index is 13.9. The van der Waals surface area contributed by atoms with Gasteiger partial charge in [0.05, 0.1) is 6.72 Å². The van der Waals surface area contributed by atoms with Crippen molar-refractivity contribution in [3.05, 3.63) is 90.1 Å². The van der Waals surface area contributed by atoms with Gasteiger partial charge in [0.25, 0.3) is 0 Å². The maximum absolute atomic E-state index is 13.9. The summed E-state index contributed by atoms with van der Waals surface area (Å²) in [6.45, 7) is 3.92.